The van der Waals surface area contributed by atoms with Crippen LogP contribution in [-0.4, -0.2) is 25.0 Å². The lowest BCUT2D eigenvalue weighted by Gasteiger charge is -2.11. The third-order valence-electron chi connectivity index (χ3n) is 3.53. The molecule has 2 aromatic carbocycles. The third-order valence-corrected chi connectivity index (χ3v) is 3.53. The molecule has 0 aromatic heterocycles. The number of amides is 1. The van der Waals surface area contributed by atoms with Crippen LogP contribution in [0.25, 0.3) is 0 Å². The fourth-order valence-electron chi connectivity index (χ4n) is 2.19. The van der Waals surface area contributed by atoms with Crippen molar-refractivity contribution in [2.45, 2.75) is 19.8 Å². The van der Waals surface area contributed by atoms with Crippen molar-refractivity contribution in [3.63, 3.8) is 0 Å². The number of carbonyl (C=O) groups is 2. The van der Waals surface area contributed by atoms with Gasteiger partial charge in [0, 0.05) is 24.0 Å². The molecule has 0 atom stereocenters. The lowest BCUT2D eigenvalue weighted by atomic mass is 10.1. The zero-order valence-corrected chi connectivity index (χ0v) is 14.4. The number of carbonyl (C=O) groups excluding carboxylic acids is 2. The van der Waals surface area contributed by atoms with Crippen LogP contribution >= 0.6 is 0 Å². The molecular weight excluding hydrogens is 342 g/mol. The minimum absolute atomic E-state index is 0.0755. The summed E-state index contributed by atoms with van der Waals surface area (Å²) < 4.78 is 31.0. The first-order valence-corrected chi connectivity index (χ1v) is 8.26. The van der Waals surface area contributed by atoms with Crippen LogP contribution in [0.4, 0.5) is 20.2 Å². The van der Waals surface area contributed by atoms with Gasteiger partial charge in [0.05, 0.1) is 5.56 Å². The van der Waals surface area contributed by atoms with E-state index in [9.17, 15) is 18.4 Å². The quantitative estimate of drug-likeness (QED) is 0.551. The highest BCUT2D eigenvalue weighted by Crippen LogP contribution is 2.17. The summed E-state index contributed by atoms with van der Waals surface area (Å²) in [7, 11) is 0. The Labute approximate surface area is 150 Å². The molecule has 0 aliphatic carbocycles. The summed E-state index contributed by atoms with van der Waals surface area (Å²) in [6.07, 6.45) is 1.98. The lowest BCUT2D eigenvalue weighted by molar-refractivity contribution is -0.119. The number of para-hydroxylation sites is 1. The molecule has 0 saturated heterocycles. The SMILES string of the molecule is CCCCNc1ccccc1C(=O)OCC(=O)Nc1ccc(F)c(F)c1. The number of esters is 1. The van der Waals surface area contributed by atoms with Crippen molar-refractivity contribution in [2.24, 2.45) is 0 Å². The van der Waals surface area contributed by atoms with Crippen molar-refractivity contribution in [1.29, 1.82) is 0 Å². The Hall–Kier alpha value is -2.96. The molecule has 26 heavy (non-hydrogen) atoms. The molecule has 0 radical (unpaired) electrons. The standard InChI is InChI=1S/C19H20F2N2O3/c1-2-3-10-22-17-7-5-4-6-14(17)19(25)26-12-18(24)23-13-8-9-15(20)16(21)11-13/h4-9,11,22H,2-3,10,12H2,1H3,(H,23,24). The van der Waals surface area contributed by atoms with Crippen LogP contribution in [0, 0.1) is 11.6 Å². The van der Waals surface area contributed by atoms with Gasteiger partial charge in [-0.05, 0) is 30.7 Å². The highest BCUT2D eigenvalue weighted by molar-refractivity contribution is 5.98. The van der Waals surface area contributed by atoms with Gasteiger partial charge >= 0.3 is 5.97 Å². The van der Waals surface area contributed by atoms with Gasteiger partial charge in [-0.2, -0.15) is 0 Å². The molecule has 0 saturated carbocycles. The molecule has 138 valence electrons. The fourth-order valence-corrected chi connectivity index (χ4v) is 2.19. The highest BCUT2D eigenvalue weighted by atomic mass is 19.2. The second kappa shape index (κ2) is 9.50. The Morgan fingerprint density at radius 3 is 2.58 bits per heavy atom. The Bertz CT molecular complexity index is 781. The average Bonchev–Trinajstić information content (AvgIpc) is 2.63. The van der Waals surface area contributed by atoms with E-state index in [4.69, 9.17) is 4.74 Å². The van der Waals surface area contributed by atoms with Crippen LogP contribution in [0.5, 0.6) is 0 Å². The van der Waals surface area contributed by atoms with Crippen molar-refractivity contribution in [3.8, 4) is 0 Å². The lowest BCUT2D eigenvalue weighted by Crippen LogP contribution is -2.21. The molecule has 0 spiro atoms. The molecule has 0 aliphatic rings. The van der Waals surface area contributed by atoms with E-state index in [1.807, 2.05) is 0 Å². The van der Waals surface area contributed by atoms with Crippen molar-refractivity contribution < 1.29 is 23.1 Å². The number of hydrogen-bond donors (Lipinski definition) is 2. The first kappa shape index (κ1) is 19.4. The van der Waals surface area contributed by atoms with Gasteiger partial charge < -0.3 is 15.4 Å². The molecule has 1 amide bonds. The number of nitrogens with one attached hydrogen (secondary N) is 2. The molecule has 7 heteroatoms. The van der Waals surface area contributed by atoms with Crippen LogP contribution in [0.2, 0.25) is 0 Å². The van der Waals surface area contributed by atoms with Crippen molar-refractivity contribution in [1.82, 2.24) is 0 Å². The van der Waals surface area contributed by atoms with E-state index < -0.39 is 30.1 Å². The zero-order chi connectivity index (χ0) is 18.9. The van der Waals surface area contributed by atoms with Crippen LogP contribution < -0.4 is 10.6 Å². The zero-order valence-electron chi connectivity index (χ0n) is 14.4. The number of ether oxygens (including phenoxy) is 1. The molecule has 2 aromatic rings. The highest BCUT2D eigenvalue weighted by Gasteiger charge is 2.14. The molecule has 2 rings (SSSR count). The van der Waals surface area contributed by atoms with Gasteiger partial charge in [-0.3, -0.25) is 4.79 Å². The summed E-state index contributed by atoms with van der Waals surface area (Å²) in [5.41, 5.74) is 1.03. The number of anilines is 2. The summed E-state index contributed by atoms with van der Waals surface area (Å²) in [4.78, 5) is 24.0. The maximum atomic E-state index is 13.1. The van der Waals surface area contributed by atoms with Crippen LogP contribution in [0.15, 0.2) is 42.5 Å². The van der Waals surface area contributed by atoms with Crippen LogP contribution in [0.3, 0.4) is 0 Å². The summed E-state index contributed by atoms with van der Waals surface area (Å²) >= 11 is 0. The Morgan fingerprint density at radius 2 is 1.85 bits per heavy atom. The number of benzene rings is 2. The van der Waals surface area contributed by atoms with Gasteiger partial charge in [0.15, 0.2) is 18.2 Å². The number of rotatable bonds is 8. The first-order valence-electron chi connectivity index (χ1n) is 8.26. The molecule has 0 fully saturated rings. The molecule has 5 nitrogen and oxygen atoms in total. The molecule has 0 heterocycles. The van der Waals surface area contributed by atoms with E-state index in [0.717, 1.165) is 31.5 Å². The van der Waals surface area contributed by atoms with E-state index in [-0.39, 0.29) is 5.69 Å². The molecular formula is C19H20F2N2O3. The molecule has 0 bridgehead atoms. The minimum atomic E-state index is -1.08. The van der Waals surface area contributed by atoms with Crippen molar-refractivity contribution in [3.05, 3.63) is 59.7 Å². The van der Waals surface area contributed by atoms with Gasteiger partial charge in [0.25, 0.3) is 5.91 Å². The summed E-state index contributed by atoms with van der Waals surface area (Å²) in [6.45, 7) is 2.24. The minimum Gasteiger partial charge on any atom is -0.452 e. The van der Waals surface area contributed by atoms with Crippen molar-refractivity contribution >= 4 is 23.3 Å². The van der Waals surface area contributed by atoms with Crippen molar-refractivity contribution in [2.75, 3.05) is 23.8 Å². The Balaban J connectivity index is 1.91. The number of halogens is 2. The molecule has 0 unspecified atom stereocenters. The average molecular weight is 362 g/mol. The fraction of sp³-hybridized carbons (Fsp3) is 0.263. The van der Waals surface area contributed by atoms with Gasteiger partial charge in [-0.15, -0.1) is 0 Å². The monoisotopic (exact) mass is 362 g/mol. The summed E-state index contributed by atoms with van der Waals surface area (Å²) in [6, 6.07) is 9.81. The number of unbranched alkanes of at least 4 members (excludes halogenated alkanes) is 1. The smallest absolute Gasteiger partial charge is 0.340 e. The Kier molecular flexibility index (Phi) is 7.08. The van der Waals surface area contributed by atoms with Gasteiger partial charge in [-0.1, -0.05) is 25.5 Å². The third kappa shape index (κ3) is 5.54. The van der Waals surface area contributed by atoms with Gasteiger partial charge in [0.2, 0.25) is 0 Å². The predicted octanol–water partition coefficient (Wildman–Crippen LogP) is 3.97. The Morgan fingerprint density at radius 1 is 1.08 bits per heavy atom. The van der Waals surface area contributed by atoms with E-state index >= 15 is 0 Å². The van der Waals surface area contributed by atoms with E-state index in [2.05, 4.69) is 17.6 Å². The molecule has 0 aliphatic heterocycles. The largest absolute Gasteiger partial charge is 0.452 e. The first-order chi connectivity index (χ1) is 12.5. The predicted molar refractivity (Wildman–Crippen MR) is 95.1 cm³/mol. The normalized spacial score (nSPS) is 10.3. The molecule has 2 N–H and O–H groups in total. The maximum Gasteiger partial charge on any atom is 0.340 e. The van der Waals surface area contributed by atoms with Crippen LogP contribution in [0.1, 0.15) is 30.1 Å². The summed E-state index contributed by atoms with van der Waals surface area (Å²) in [5, 5.41) is 5.49. The second-order valence-corrected chi connectivity index (χ2v) is 5.58. The summed E-state index contributed by atoms with van der Waals surface area (Å²) in [5.74, 6) is -3.39. The van der Waals surface area contributed by atoms with Gasteiger partial charge in [-0.25, -0.2) is 13.6 Å². The van der Waals surface area contributed by atoms with E-state index in [0.29, 0.717) is 11.3 Å². The topological polar surface area (TPSA) is 67.4 Å². The van der Waals surface area contributed by atoms with Gasteiger partial charge in [0.1, 0.15) is 0 Å². The second-order valence-electron chi connectivity index (χ2n) is 5.58. The van der Waals surface area contributed by atoms with E-state index in [1.165, 1.54) is 6.07 Å². The van der Waals surface area contributed by atoms with E-state index in [1.54, 1.807) is 24.3 Å². The maximum absolute atomic E-state index is 13.1. The number of hydrogen-bond acceptors (Lipinski definition) is 4. The van der Waals surface area contributed by atoms with Crippen LogP contribution in [-0.2, 0) is 9.53 Å².